The summed E-state index contributed by atoms with van der Waals surface area (Å²) in [7, 11) is 0. The molecule has 4 rings (SSSR count). The SMILES string of the molecule is CC(C)(C)OC(=O)N1CCCc2nc(C3(c4cncc(Br)c4)CC3)[nH]c(=O)c2C1. The van der Waals surface area contributed by atoms with Gasteiger partial charge >= 0.3 is 6.09 Å². The molecule has 0 bridgehead atoms. The number of aromatic amines is 1. The lowest BCUT2D eigenvalue weighted by atomic mass is 9.96. The van der Waals surface area contributed by atoms with Gasteiger partial charge in [-0.25, -0.2) is 9.78 Å². The zero-order valence-corrected chi connectivity index (χ0v) is 18.5. The first-order valence-corrected chi connectivity index (χ1v) is 10.7. The lowest BCUT2D eigenvalue weighted by Crippen LogP contribution is -2.37. The number of H-pyrrole nitrogens is 1. The second kappa shape index (κ2) is 7.23. The average molecular weight is 461 g/mol. The molecule has 29 heavy (non-hydrogen) atoms. The van der Waals surface area contributed by atoms with Gasteiger partial charge in [0, 0.05) is 23.4 Å². The molecule has 2 aliphatic rings. The van der Waals surface area contributed by atoms with E-state index in [9.17, 15) is 9.59 Å². The van der Waals surface area contributed by atoms with Gasteiger partial charge in [-0.05, 0) is 74.0 Å². The minimum absolute atomic E-state index is 0.172. The molecule has 1 aliphatic heterocycles. The van der Waals surface area contributed by atoms with Gasteiger partial charge in [0.25, 0.3) is 5.56 Å². The number of nitrogens with one attached hydrogen (secondary N) is 1. The third kappa shape index (κ3) is 4.08. The van der Waals surface area contributed by atoms with E-state index in [1.165, 1.54) is 0 Å². The molecule has 7 nitrogen and oxygen atoms in total. The van der Waals surface area contributed by atoms with Gasteiger partial charge in [0.05, 0.1) is 23.2 Å². The normalized spacial score (nSPS) is 18.0. The van der Waals surface area contributed by atoms with Crippen LogP contribution in [0.5, 0.6) is 0 Å². The van der Waals surface area contributed by atoms with Crippen LogP contribution in [0.15, 0.2) is 27.7 Å². The monoisotopic (exact) mass is 460 g/mol. The first-order valence-electron chi connectivity index (χ1n) is 9.89. The lowest BCUT2D eigenvalue weighted by Gasteiger charge is -2.26. The summed E-state index contributed by atoms with van der Waals surface area (Å²) in [5.74, 6) is 0.701. The molecule has 8 heteroatoms. The first-order chi connectivity index (χ1) is 13.7. The van der Waals surface area contributed by atoms with E-state index in [1.54, 1.807) is 11.1 Å². The molecule has 1 fully saturated rings. The zero-order chi connectivity index (χ0) is 20.8. The highest BCUT2D eigenvalue weighted by molar-refractivity contribution is 9.10. The molecule has 0 spiro atoms. The number of hydrogen-bond donors (Lipinski definition) is 1. The number of fused-ring (bicyclic) bond motifs is 1. The predicted molar refractivity (Wildman–Crippen MR) is 112 cm³/mol. The summed E-state index contributed by atoms with van der Waals surface area (Å²) >= 11 is 3.48. The number of pyridine rings is 1. The van der Waals surface area contributed by atoms with Crippen LogP contribution in [0.3, 0.4) is 0 Å². The molecule has 0 radical (unpaired) electrons. The van der Waals surface area contributed by atoms with Crippen molar-refractivity contribution in [2.45, 2.75) is 64.0 Å². The number of aromatic nitrogens is 3. The van der Waals surface area contributed by atoms with Crippen molar-refractivity contribution in [1.29, 1.82) is 0 Å². The highest BCUT2D eigenvalue weighted by Crippen LogP contribution is 2.52. The van der Waals surface area contributed by atoms with Crippen molar-refractivity contribution in [3.05, 3.63) is 55.9 Å². The van der Waals surface area contributed by atoms with Gasteiger partial charge in [0.2, 0.25) is 0 Å². The van der Waals surface area contributed by atoms with Gasteiger partial charge in [-0.15, -0.1) is 0 Å². The van der Waals surface area contributed by atoms with Crippen LogP contribution in [-0.2, 0) is 23.1 Å². The molecule has 0 aromatic carbocycles. The number of carbonyl (C=O) groups is 1. The van der Waals surface area contributed by atoms with Crippen LogP contribution in [0.2, 0.25) is 0 Å². The summed E-state index contributed by atoms with van der Waals surface area (Å²) in [6.07, 6.45) is 6.46. The molecule has 3 heterocycles. The second-order valence-corrected chi connectivity index (χ2v) is 9.73. The molecule has 1 aliphatic carbocycles. The molecule has 0 unspecified atom stereocenters. The van der Waals surface area contributed by atoms with Gasteiger partial charge in [-0.1, -0.05) is 0 Å². The van der Waals surface area contributed by atoms with Crippen molar-refractivity contribution in [2.75, 3.05) is 6.54 Å². The fourth-order valence-corrected chi connectivity index (χ4v) is 4.16. The maximum atomic E-state index is 13.0. The molecule has 1 saturated carbocycles. The lowest BCUT2D eigenvalue weighted by molar-refractivity contribution is 0.0236. The molecule has 2 aromatic heterocycles. The molecule has 0 atom stereocenters. The van der Waals surface area contributed by atoms with Crippen LogP contribution >= 0.6 is 15.9 Å². The van der Waals surface area contributed by atoms with Crippen LogP contribution < -0.4 is 5.56 Å². The number of carbonyl (C=O) groups excluding carboxylic acids is 1. The maximum absolute atomic E-state index is 13.0. The quantitative estimate of drug-likeness (QED) is 0.737. The molecule has 1 N–H and O–H groups in total. The van der Waals surface area contributed by atoms with E-state index in [0.717, 1.165) is 35.0 Å². The Kier molecular flexibility index (Phi) is 5.01. The first kappa shape index (κ1) is 20.1. The summed E-state index contributed by atoms with van der Waals surface area (Å²) in [6.45, 7) is 6.27. The Morgan fingerprint density at radius 3 is 2.72 bits per heavy atom. The topological polar surface area (TPSA) is 88.2 Å². The Bertz CT molecular complexity index is 1010. The van der Waals surface area contributed by atoms with Gasteiger partial charge in [-0.3, -0.25) is 9.78 Å². The minimum Gasteiger partial charge on any atom is -0.444 e. The number of hydrogen-bond acceptors (Lipinski definition) is 5. The molecular formula is C21H25BrN4O3. The van der Waals surface area contributed by atoms with Crippen LogP contribution in [-0.4, -0.2) is 38.1 Å². The highest BCUT2D eigenvalue weighted by atomic mass is 79.9. The van der Waals surface area contributed by atoms with Crippen LogP contribution in [0, 0.1) is 0 Å². The minimum atomic E-state index is -0.572. The Morgan fingerprint density at radius 1 is 1.31 bits per heavy atom. The maximum Gasteiger partial charge on any atom is 0.410 e. The van der Waals surface area contributed by atoms with E-state index in [4.69, 9.17) is 9.72 Å². The fraction of sp³-hybridized carbons (Fsp3) is 0.524. The third-order valence-corrected chi connectivity index (χ3v) is 5.84. The number of nitrogens with zero attached hydrogens (tertiary/aromatic N) is 3. The Labute approximate surface area is 178 Å². The molecule has 154 valence electrons. The van der Waals surface area contributed by atoms with Crippen molar-refractivity contribution in [2.24, 2.45) is 0 Å². The number of aryl methyl sites for hydroxylation is 1. The van der Waals surface area contributed by atoms with Gasteiger partial charge in [0.1, 0.15) is 11.4 Å². The van der Waals surface area contributed by atoms with Crippen molar-refractivity contribution in [1.82, 2.24) is 19.9 Å². The third-order valence-electron chi connectivity index (χ3n) is 5.40. The summed E-state index contributed by atoms with van der Waals surface area (Å²) in [5, 5.41) is 0. The summed E-state index contributed by atoms with van der Waals surface area (Å²) in [5.41, 5.74) is 1.37. The highest BCUT2D eigenvalue weighted by Gasteiger charge is 2.49. The van der Waals surface area contributed by atoms with E-state index in [2.05, 4.69) is 25.9 Å². The van der Waals surface area contributed by atoms with Crippen LogP contribution in [0.25, 0.3) is 0 Å². The Balaban J connectivity index is 1.65. The van der Waals surface area contributed by atoms with E-state index in [1.807, 2.05) is 33.0 Å². The number of rotatable bonds is 2. The van der Waals surface area contributed by atoms with Gasteiger partial charge in [-0.2, -0.15) is 0 Å². The van der Waals surface area contributed by atoms with Crippen LogP contribution in [0.1, 0.15) is 62.7 Å². The second-order valence-electron chi connectivity index (χ2n) is 8.82. The van der Waals surface area contributed by atoms with E-state index >= 15 is 0 Å². The summed E-state index contributed by atoms with van der Waals surface area (Å²) < 4.78 is 6.40. The molecule has 1 amide bonds. The Hall–Kier alpha value is -2.22. The van der Waals surface area contributed by atoms with Crippen LogP contribution in [0.4, 0.5) is 4.79 Å². The van der Waals surface area contributed by atoms with Gasteiger partial charge < -0.3 is 14.6 Å². The Morgan fingerprint density at radius 2 is 2.07 bits per heavy atom. The summed E-state index contributed by atoms with van der Waals surface area (Å²) in [6, 6.07) is 2.04. The van der Waals surface area contributed by atoms with Crippen molar-refractivity contribution in [3.63, 3.8) is 0 Å². The summed E-state index contributed by atoms with van der Waals surface area (Å²) in [4.78, 5) is 39.2. The predicted octanol–water partition coefficient (Wildman–Crippen LogP) is 3.69. The largest absolute Gasteiger partial charge is 0.444 e. The average Bonchev–Trinajstić information content (AvgIpc) is 3.44. The van der Waals surface area contributed by atoms with E-state index in [-0.39, 0.29) is 17.5 Å². The molecule has 2 aromatic rings. The standard InChI is InChI=1S/C21H25BrN4O3/c1-20(2,3)29-19(28)26-8-4-5-16-15(12-26)17(27)25-18(24-16)21(6-7-21)13-9-14(22)11-23-10-13/h9-11H,4-8,12H2,1-3H3,(H,24,25,27). The number of halogens is 1. The molecule has 0 saturated heterocycles. The van der Waals surface area contributed by atoms with E-state index in [0.29, 0.717) is 24.4 Å². The van der Waals surface area contributed by atoms with Gasteiger partial charge in [0.15, 0.2) is 0 Å². The van der Waals surface area contributed by atoms with Crippen molar-refractivity contribution < 1.29 is 9.53 Å². The molecular weight excluding hydrogens is 436 g/mol. The fourth-order valence-electron chi connectivity index (χ4n) is 3.79. The smallest absolute Gasteiger partial charge is 0.410 e. The van der Waals surface area contributed by atoms with E-state index < -0.39 is 11.7 Å². The van der Waals surface area contributed by atoms with Crippen molar-refractivity contribution in [3.8, 4) is 0 Å². The zero-order valence-electron chi connectivity index (χ0n) is 16.9. The number of amides is 1. The van der Waals surface area contributed by atoms with Crippen molar-refractivity contribution >= 4 is 22.0 Å². The number of ether oxygens (including phenoxy) is 1.